The van der Waals surface area contributed by atoms with Crippen LogP contribution >= 0.6 is 22.9 Å². The van der Waals surface area contributed by atoms with Gasteiger partial charge in [-0.25, -0.2) is 0 Å². The van der Waals surface area contributed by atoms with Crippen molar-refractivity contribution in [3.63, 3.8) is 0 Å². The van der Waals surface area contributed by atoms with Gasteiger partial charge in [0, 0.05) is 9.90 Å². The molecule has 1 N–H and O–H groups in total. The molecule has 1 heterocycles. The van der Waals surface area contributed by atoms with Gasteiger partial charge in [-0.15, -0.1) is 11.3 Å². The van der Waals surface area contributed by atoms with Crippen LogP contribution in [0.4, 0.5) is 5.69 Å². The molecule has 0 saturated carbocycles. The first-order chi connectivity index (χ1) is 9.11. The van der Waals surface area contributed by atoms with Gasteiger partial charge in [0.15, 0.2) is 0 Å². The van der Waals surface area contributed by atoms with Crippen molar-refractivity contribution in [1.82, 2.24) is 0 Å². The van der Waals surface area contributed by atoms with Gasteiger partial charge < -0.3 is 5.32 Å². The number of hydrogen-bond donors (Lipinski definition) is 1. The van der Waals surface area contributed by atoms with Crippen LogP contribution in [-0.2, 0) is 0 Å². The Hall–Kier alpha value is -1.50. The molecule has 2 nitrogen and oxygen atoms in total. The summed E-state index contributed by atoms with van der Waals surface area (Å²) in [5.74, 6) is 0.421. The molecule has 1 aromatic carbocycles. The Kier molecular flexibility index (Phi) is 4.47. The lowest BCUT2D eigenvalue weighted by Gasteiger charge is -2.23. The summed E-state index contributed by atoms with van der Waals surface area (Å²) in [6, 6.07) is 11.8. The lowest BCUT2D eigenvalue weighted by Crippen LogP contribution is -2.16. The summed E-state index contributed by atoms with van der Waals surface area (Å²) in [5.41, 5.74) is 1.41. The zero-order valence-electron chi connectivity index (χ0n) is 10.9. The Bertz CT molecular complexity index is 585. The molecule has 1 atom stereocenters. The molecule has 0 radical (unpaired) electrons. The molecule has 2 aromatic rings. The molecule has 0 bridgehead atoms. The fourth-order valence-corrected chi connectivity index (χ4v) is 3.06. The topological polar surface area (TPSA) is 35.8 Å². The summed E-state index contributed by atoms with van der Waals surface area (Å²) in [5, 5.41) is 15.3. The Balaban J connectivity index is 2.33. The van der Waals surface area contributed by atoms with Crippen molar-refractivity contribution in [2.45, 2.75) is 19.9 Å². The largest absolute Gasteiger partial charge is 0.376 e. The van der Waals surface area contributed by atoms with Crippen LogP contribution in [0.5, 0.6) is 0 Å². The Morgan fingerprint density at radius 2 is 2.11 bits per heavy atom. The van der Waals surface area contributed by atoms with E-state index in [-0.39, 0.29) is 6.04 Å². The first-order valence-electron chi connectivity index (χ1n) is 6.11. The van der Waals surface area contributed by atoms with Crippen LogP contribution in [-0.4, -0.2) is 0 Å². The number of hydrogen-bond acceptors (Lipinski definition) is 3. The van der Waals surface area contributed by atoms with E-state index in [1.165, 1.54) is 4.88 Å². The maximum atomic E-state index is 9.16. The second kappa shape index (κ2) is 6.10. The monoisotopic (exact) mass is 290 g/mol. The van der Waals surface area contributed by atoms with Crippen molar-refractivity contribution in [2.75, 3.05) is 5.32 Å². The quantitative estimate of drug-likeness (QED) is 0.852. The number of benzene rings is 1. The van der Waals surface area contributed by atoms with Crippen molar-refractivity contribution in [1.29, 1.82) is 5.26 Å². The zero-order chi connectivity index (χ0) is 13.8. The molecule has 98 valence electrons. The van der Waals surface area contributed by atoms with Gasteiger partial charge in [-0.3, -0.25) is 0 Å². The van der Waals surface area contributed by atoms with Gasteiger partial charge in [0.05, 0.1) is 17.3 Å². The van der Waals surface area contributed by atoms with Gasteiger partial charge in [0.1, 0.15) is 6.07 Å². The molecular formula is C15H15ClN2S. The van der Waals surface area contributed by atoms with Crippen LogP contribution in [0.3, 0.4) is 0 Å². The van der Waals surface area contributed by atoms with E-state index >= 15 is 0 Å². The second-order valence-electron chi connectivity index (χ2n) is 4.68. The Morgan fingerprint density at radius 1 is 1.32 bits per heavy atom. The summed E-state index contributed by atoms with van der Waals surface area (Å²) in [7, 11) is 0. The zero-order valence-corrected chi connectivity index (χ0v) is 12.4. The first kappa shape index (κ1) is 13.9. The van der Waals surface area contributed by atoms with Crippen LogP contribution < -0.4 is 5.32 Å². The van der Waals surface area contributed by atoms with Crippen LogP contribution in [0.1, 0.15) is 30.3 Å². The summed E-state index contributed by atoms with van der Waals surface area (Å²) < 4.78 is 0. The van der Waals surface area contributed by atoms with E-state index in [4.69, 9.17) is 16.9 Å². The third kappa shape index (κ3) is 3.28. The maximum Gasteiger partial charge on any atom is 0.101 e. The Labute approximate surface area is 122 Å². The standard InChI is InChI=1S/C15H15ClN2S/c1-10(2)15(14-4-3-7-19-14)18-13-8-12(16)6-5-11(13)9-17/h3-8,10,15,18H,1-2H3. The molecule has 0 amide bonds. The molecule has 4 heteroatoms. The van der Waals surface area contributed by atoms with E-state index in [9.17, 15) is 0 Å². The molecule has 1 unspecified atom stereocenters. The third-order valence-electron chi connectivity index (χ3n) is 2.93. The summed E-state index contributed by atoms with van der Waals surface area (Å²) in [6.45, 7) is 4.32. The molecule has 2 rings (SSSR count). The van der Waals surface area contributed by atoms with Gasteiger partial charge in [-0.2, -0.15) is 5.26 Å². The molecule has 0 fully saturated rings. The summed E-state index contributed by atoms with van der Waals surface area (Å²) in [4.78, 5) is 1.26. The van der Waals surface area contributed by atoms with Crippen LogP contribution in [0, 0.1) is 17.2 Å². The van der Waals surface area contributed by atoms with E-state index in [0.29, 0.717) is 16.5 Å². The van der Waals surface area contributed by atoms with E-state index in [2.05, 4.69) is 36.7 Å². The first-order valence-corrected chi connectivity index (χ1v) is 7.37. The summed E-state index contributed by atoms with van der Waals surface area (Å²) >= 11 is 7.73. The maximum absolute atomic E-state index is 9.16. The normalized spacial score (nSPS) is 12.2. The lowest BCUT2D eigenvalue weighted by molar-refractivity contribution is 0.553. The van der Waals surface area contributed by atoms with Crippen LogP contribution in [0.2, 0.25) is 5.02 Å². The van der Waals surface area contributed by atoms with E-state index in [1.807, 2.05) is 12.1 Å². The van der Waals surface area contributed by atoms with Gasteiger partial charge in [0.2, 0.25) is 0 Å². The number of nitrogens with one attached hydrogen (secondary N) is 1. The number of anilines is 1. The van der Waals surface area contributed by atoms with Crippen LogP contribution in [0.15, 0.2) is 35.7 Å². The van der Waals surface area contributed by atoms with Gasteiger partial charge in [0.25, 0.3) is 0 Å². The fraction of sp³-hybridized carbons (Fsp3) is 0.267. The minimum atomic E-state index is 0.186. The minimum absolute atomic E-state index is 0.186. The third-order valence-corrected chi connectivity index (χ3v) is 4.12. The van der Waals surface area contributed by atoms with Crippen molar-refractivity contribution in [2.24, 2.45) is 5.92 Å². The molecule has 0 spiro atoms. The van der Waals surface area contributed by atoms with E-state index in [1.54, 1.807) is 23.5 Å². The highest BCUT2D eigenvalue weighted by Crippen LogP contribution is 2.31. The number of rotatable bonds is 4. The highest BCUT2D eigenvalue weighted by Gasteiger charge is 2.18. The predicted octanol–water partition coefficient (Wildman–Crippen LogP) is 5.08. The smallest absolute Gasteiger partial charge is 0.101 e. The lowest BCUT2D eigenvalue weighted by atomic mass is 10.0. The van der Waals surface area contributed by atoms with Gasteiger partial charge in [-0.05, 0) is 35.6 Å². The molecule has 0 aliphatic carbocycles. The van der Waals surface area contributed by atoms with E-state index < -0.39 is 0 Å². The predicted molar refractivity (Wildman–Crippen MR) is 81.7 cm³/mol. The van der Waals surface area contributed by atoms with Gasteiger partial charge >= 0.3 is 0 Å². The average Bonchev–Trinajstić information content (AvgIpc) is 2.89. The summed E-state index contributed by atoms with van der Waals surface area (Å²) in [6.07, 6.45) is 0. The average molecular weight is 291 g/mol. The molecule has 19 heavy (non-hydrogen) atoms. The molecular weight excluding hydrogens is 276 g/mol. The van der Waals surface area contributed by atoms with Crippen LogP contribution in [0.25, 0.3) is 0 Å². The van der Waals surface area contributed by atoms with Crippen molar-refractivity contribution in [3.8, 4) is 6.07 Å². The van der Waals surface area contributed by atoms with Crippen molar-refractivity contribution < 1.29 is 0 Å². The fourth-order valence-electron chi connectivity index (χ4n) is 1.94. The highest BCUT2D eigenvalue weighted by atomic mass is 35.5. The van der Waals surface area contributed by atoms with E-state index in [0.717, 1.165) is 5.69 Å². The number of halogens is 1. The molecule has 1 aromatic heterocycles. The Morgan fingerprint density at radius 3 is 2.68 bits per heavy atom. The van der Waals surface area contributed by atoms with Gasteiger partial charge in [-0.1, -0.05) is 31.5 Å². The van der Waals surface area contributed by atoms with Crippen molar-refractivity contribution >= 4 is 28.6 Å². The van der Waals surface area contributed by atoms with Crippen molar-refractivity contribution in [3.05, 3.63) is 51.2 Å². The molecule has 0 saturated heterocycles. The highest BCUT2D eigenvalue weighted by molar-refractivity contribution is 7.10. The molecule has 0 aliphatic heterocycles. The SMILES string of the molecule is CC(C)C(Nc1cc(Cl)ccc1C#N)c1cccs1. The minimum Gasteiger partial charge on any atom is -0.376 e. The number of nitriles is 1. The molecule has 0 aliphatic rings. The number of nitrogens with zero attached hydrogens (tertiary/aromatic N) is 1. The second-order valence-corrected chi connectivity index (χ2v) is 6.10. The number of thiophene rings is 1.